The first-order valence-corrected chi connectivity index (χ1v) is 5.09. The molecular weight excluding hydrogens is 190 g/mol. The van der Waals surface area contributed by atoms with Gasteiger partial charge in [0.25, 0.3) is 0 Å². The Morgan fingerprint density at radius 1 is 1.40 bits per heavy atom. The molecule has 1 aromatic rings. The molecule has 1 saturated heterocycles. The standard InChI is InChI=1S/C11H13N3O/c12-7-10-1-2-11(8-13-10)14-9-3-5-15-6-4-9/h1-2,8-9,14H,3-6H2. The number of anilines is 1. The molecule has 0 aliphatic carbocycles. The Kier molecular flexibility index (Phi) is 3.15. The van der Waals surface area contributed by atoms with Crippen molar-refractivity contribution in [2.75, 3.05) is 18.5 Å². The lowest BCUT2D eigenvalue weighted by Crippen LogP contribution is -2.27. The molecule has 2 heterocycles. The minimum Gasteiger partial charge on any atom is -0.381 e. The molecule has 0 spiro atoms. The molecule has 0 saturated carbocycles. The number of pyridine rings is 1. The van der Waals surface area contributed by atoms with Crippen molar-refractivity contribution in [2.24, 2.45) is 0 Å². The lowest BCUT2D eigenvalue weighted by Gasteiger charge is -2.23. The minimum absolute atomic E-state index is 0.451. The van der Waals surface area contributed by atoms with E-state index in [1.807, 2.05) is 12.1 Å². The molecule has 0 bridgehead atoms. The van der Waals surface area contributed by atoms with E-state index in [2.05, 4.69) is 10.3 Å². The average molecular weight is 203 g/mol. The fourth-order valence-electron chi connectivity index (χ4n) is 1.62. The number of aromatic nitrogens is 1. The van der Waals surface area contributed by atoms with E-state index >= 15 is 0 Å². The zero-order chi connectivity index (χ0) is 10.5. The molecule has 2 rings (SSSR count). The van der Waals surface area contributed by atoms with Gasteiger partial charge < -0.3 is 10.1 Å². The Labute approximate surface area is 88.9 Å². The van der Waals surface area contributed by atoms with Crippen molar-refractivity contribution in [3.8, 4) is 6.07 Å². The van der Waals surface area contributed by atoms with Gasteiger partial charge in [0.1, 0.15) is 11.8 Å². The molecular formula is C11H13N3O. The second-order valence-electron chi connectivity index (χ2n) is 3.57. The maximum atomic E-state index is 8.60. The van der Waals surface area contributed by atoms with E-state index in [1.54, 1.807) is 12.3 Å². The summed E-state index contributed by atoms with van der Waals surface area (Å²) < 4.78 is 5.28. The molecule has 78 valence electrons. The summed E-state index contributed by atoms with van der Waals surface area (Å²) in [5.74, 6) is 0. The topological polar surface area (TPSA) is 57.9 Å². The number of rotatable bonds is 2. The zero-order valence-corrected chi connectivity index (χ0v) is 8.44. The summed E-state index contributed by atoms with van der Waals surface area (Å²) >= 11 is 0. The largest absolute Gasteiger partial charge is 0.381 e. The summed E-state index contributed by atoms with van der Waals surface area (Å²) in [6, 6.07) is 6.08. The molecule has 0 radical (unpaired) electrons. The lowest BCUT2D eigenvalue weighted by molar-refractivity contribution is 0.0904. The van der Waals surface area contributed by atoms with Gasteiger partial charge in [-0.1, -0.05) is 0 Å². The van der Waals surface area contributed by atoms with Crippen LogP contribution in [0.25, 0.3) is 0 Å². The molecule has 1 N–H and O–H groups in total. The van der Waals surface area contributed by atoms with Crippen LogP contribution in [-0.2, 0) is 4.74 Å². The van der Waals surface area contributed by atoms with E-state index in [4.69, 9.17) is 10.00 Å². The van der Waals surface area contributed by atoms with Crippen molar-refractivity contribution in [3.63, 3.8) is 0 Å². The smallest absolute Gasteiger partial charge is 0.140 e. The van der Waals surface area contributed by atoms with E-state index in [9.17, 15) is 0 Å². The molecule has 4 nitrogen and oxygen atoms in total. The van der Waals surface area contributed by atoms with Gasteiger partial charge in [0.05, 0.1) is 11.9 Å². The molecule has 1 aromatic heterocycles. The predicted molar refractivity (Wildman–Crippen MR) is 56.4 cm³/mol. The Balaban J connectivity index is 1.95. The van der Waals surface area contributed by atoms with Crippen LogP contribution in [0.3, 0.4) is 0 Å². The van der Waals surface area contributed by atoms with Crippen LogP contribution in [0, 0.1) is 11.3 Å². The third kappa shape index (κ3) is 2.67. The van der Waals surface area contributed by atoms with E-state index < -0.39 is 0 Å². The van der Waals surface area contributed by atoms with E-state index in [1.165, 1.54) is 0 Å². The second kappa shape index (κ2) is 4.76. The Morgan fingerprint density at radius 2 is 2.20 bits per heavy atom. The fraction of sp³-hybridized carbons (Fsp3) is 0.455. The maximum Gasteiger partial charge on any atom is 0.140 e. The quantitative estimate of drug-likeness (QED) is 0.792. The highest BCUT2D eigenvalue weighted by molar-refractivity contribution is 5.43. The molecule has 4 heteroatoms. The third-order valence-corrected chi connectivity index (χ3v) is 2.47. The predicted octanol–water partition coefficient (Wildman–Crippen LogP) is 1.54. The van der Waals surface area contributed by atoms with Crippen molar-refractivity contribution in [1.82, 2.24) is 4.98 Å². The highest BCUT2D eigenvalue weighted by atomic mass is 16.5. The monoisotopic (exact) mass is 203 g/mol. The SMILES string of the molecule is N#Cc1ccc(NC2CCOCC2)cn1. The molecule has 1 aliphatic heterocycles. The van der Waals surface area contributed by atoms with E-state index in [-0.39, 0.29) is 0 Å². The van der Waals surface area contributed by atoms with Crippen LogP contribution in [0.2, 0.25) is 0 Å². The van der Waals surface area contributed by atoms with E-state index in [0.29, 0.717) is 11.7 Å². The average Bonchev–Trinajstić information content (AvgIpc) is 2.31. The molecule has 15 heavy (non-hydrogen) atoms. The van der Waals surface area contributed by atoms with Gasteiger partial charge in [-0.3, -0.25) is 0 Å². The van der Waals surface area contributed by atoms with Crippen molar-refractivity contribution in [2.45, 2.75) is 18.9 Å². The summed E-state index contributed by atoms with van der Waals surface area (Å²) in [5, 5.41) is 12.0. The minimum atomic E-state index is 0.451. The van der Waals surface area contributed by atoms with Gasteiger partial charge in [-0.25, -0.2) is 4.98 Å². The first-order valence-electron chi connectivity index (χ1n) is 5.09. The van der Waals surface area contributed by atoms with Gasteiger partial charge >= 0.3 is 0 Å². The van der Waals surface area contributed by atoms with Gasteiger partial charge in [0.2, 0.25) is 0 Å². The molecule has 0 atom stereocenters. The van der Waals surface area contributed by atoms with Crippen LogP contribution in [0.5, 0.6) is 0 Å². The van der Waals surface area contributed by atoms with Crippen molar-refractivity contribution in [3.05, 3.63) is 24.0 Å². The summed E-state index contributed by atoms with van der Waals surface area (Å²) in [4.78, 5) is 4.01. The van der Waals surface area contributed by atoms with E-state index in [0.717, 1.165) is 31.7 Å². The van der Waals surface area contributed by atoms with Crippen molar-refractivity contribution in [1.29, 1.82) is 5.26 Å². The van der Waals surface area contributed by atoms with Crippen LogP contribution in [-0.4, -0.2) is 24.2 Å². The number of nitrogens with zero attached hydrogens (tertiary/aromatic N) is 2. The number of hydrogen-bond donors (Lipinski definition) is 1. The Hall–Kier alpha value is -1.60. The Bertz CT molecular complexity index is 349. The second-order valence-corrected chi connectivity index (χ2v) is 3.57. The van der Waals surface area contributed by atoms with Crippen LogP contribution in [0.1, 0.15) is 18.5 Å². The first-order chi connectivity index (χ1) is 7.38. The van der Waals surface area contributed by atoms with Gasteiger partial charge in [-0.2, -0.15) is 5.26 Å². The van der Waals surface area contributed by atoms with Crippen molar-refractivity contribution < 1.29 is 4.74 Å². The molecule has 0 aromatic carbocycles. The number of ether oxygens (including phenoxy) is 1. The summed E-state index contributed by atoms with van der Waals surface area (Å²) in [5.41, 5.74) is 1.42. The number of nitriles is 1. The molecule has 0 unspecified atom stereocenters. The highest BCUT2D eigenvalue weighted by Crippen LogP contribution is 2.14. The van der Waals surface area contributed by atoms with Crippen molar-refractivity contribution >= 4 is 5.69 Å². The van der Waals surface area contributed by atoms with Crippen LogP contribution in [0.15, 0.2) is 18.3 Å². The Morgan fingerprint density at radius 3 is 2.80 bits per heavy atom. The summed E-state index contributed by atoms with van der Waals surface area (Å²) in [7, 11) is 0. The third-order valence-electron chi connectivity index (χ3n) is 2.47. The highest BCUT2D eigenvalue weighted by Gasteiger charge is 2.12. The van der Waals surface area contributed by atoms with Crippen LogP contribution in [0.4, 0.5) is 5.69 Å². The molecule has 1 fully saturated rings. The van der Waals surface area contributed by atoms with Crippen LogP contribution >= 0.6 is 0 Å². The lowest BCUT2D eigenvalue weighted by atomic mass is 10.1. The molecule has 0 amide bonds. The summed E-state index contributed by atoms with van der Waals surface area (Å²) in [6.07, 6.45) is 3.76. The fourth-order valence-corrected chi connectivity index (χ4v) is 1.62. The first kappa shape index (κ1) is 9.94. The number of nitrogens with one attached hydrogen (secondary N) is 1. The van der Waals surface area contributed by atoms with Crippen LogP contribution < -0.4 is 5.32 Å². The number of hydrogen-bond acceptors (Lipinski definition) is 4. The van der Waals surface area contributed by atoms with Gasteiger partial charge in [0, 0.05) is 19.3 Å². The summed E-state index contributed by atoms with van der Waals surface area (Å²) in [6.45, 7) is 1.64. The van der Waals surface area contributed by atoms with Gasteiger partial charge in [-0.15, -0.1) is 0 Å². The zero-order valence-electron chi connectivity index (χ0n) is 8.44. The normalized spacial score (nSPS) is 17.0. The van der Waals surface area contributed by atoms with Gasteiger partial charge in [0.15, 0.2) is 0 Å². The van der Waals surface area contributed by atoms with Gasteiger partial charge in [-0.05, 0) is 25.0 Å². The molecule has 1 aliphatic rings. The maximum absolute atomic E-state index is 8.60.